The summed E-state index contributed by atoms with van der Waals surface area (Å²) >= 11 is 0. The monoisotopic (exact) mass is 175 g/mol. The summed E-state index contributed by atoms with van der Waals surface area (Å²) in [5.41, 5.74) is 1.21. The van der Waals surface area contributed by atoms with Gasteiger partial charge in [-0.3, -0.25) is 4.79 Å². The standard InChI is InChI=1S/C11H13NO/c1-9-7-12(11(9)13)8-10-5-3-2-4-6-10/h2-6,9H,7-8H2,1H3. The number of β-lactam (4-membered cyclic amide) rings is 1. The molecule has 0 saturated carbocycles. The number of hydrogen-bond donors (Lipinski definition) is 0. The molecule has 0 bridgehead atoms. The lowest BCUT2D eigenvalue weighted by atomic mass is 10.0. The third kappa shape index (κ3) is 1.57. The number of hydrogen-bond acceptors (Lipinski definition) is 1. The largest absolute Gasteiger partial charge is 0.337 e. The van der Waals surface area contributed by atoms with Crippen molar-refractivity contribution >= 4 is 5.91 Å². The maximum absolute atomic E-state index is 11.3. The summed E-state index contributed by atoms with van der Waals surface area (Å²) in [5, 5.41) is 0. The molecule has 0 spiro atoms. The van der Waals surface area contributed by atoms with E-state index in [-0.39, 0.29) is 11.8 Å². The van der Waals surface area contributed by atoms with Crippen molar-refractivity contribution in [2.45, 2.75) is 13.5 Å². The molecular weight excluding hydrogens is 162 g/mol. The first-order valence-electron chi connectivity index (χ1n) is 4.60. The minimum atomic E-state index is 0.240. The van der Waals surface area contributed by atoms with Crippen LogP contribution in [0.4, 0.5) is 0 Å². The van der Waals surface area contributed by atoms with E-state index in [0.717, 1.165) is 13.1 Å². The minimum absolute atomic E-state index is 0.240. The number of amides is 1. The van der Waals surface area contributed by atoms with Crippen LogP contribution in [0.15, 0.2) is 30.3 Å². The van der Waals surface area contributed by atoms with Gasteiger partial charge in [-0.05, 0) is 5.56 Å². The quantitative estimate of drug-likeness (QED) is 0.626. The highest BCUT2D eigenvalue weighted by Gasteiger charge is 2.32. The van der Waals surface area contributed by atoms with Crippen molar-refractivity contribution in [2.24, 2.45) is 5.92 Å². The van der Waals surface area contributed by atoms with E-state index in [1.807, 2.05) is 30.0 Å². The predicted molar refractivity (Wildman–Crippen MR) is 51.0 cm³/mol. The SMILES string of the molecule is CC1CN(Cc2ccccc2)C1=O. The molecule has 13 heavy (non-hydrogen) atoms. The van der Waals surface area contributed by atoms with E-state index >= 15 is 0 Å². The van der Waals surface area contributed by atoms with Crippen LogP contribution < -0.4 is 0 Å². The molecule has 2 nitrogen and oxygen atoms in total. The Kier molecular flexibility index (Phi) is 2.05. The number of carbonyl (C=O) groups is 1. The van der Waals surface area contributed by atoms with Crippen molar-refractivity contribution < 1.29 is 4.79 Å². The van der Waals surface area contributed by atoms with Crippen LogP contribution in [0.3, 0.4) is 0 Å². The van der Waals surface area contributed by atoms with Gasteiger partial charge in [0.15, 0.2) is 0 Å². The van der Waals surface area contributed by atoms with Gasteiger partial charge in [0.05, 0.1) is 5.92 Å². The maximum atomic E-state index is 11.3. The lowest BCUT2D eigenvalue weighted by molar-refractivity contribution is -0.147. The molecule has 0 N–H and O–H groups in total. The summed E-state index contributed by atoms with van der Waals surface area (Å²) in [7, 11) is 0. The third-order valence-electron chi connectivity index (χ3n) is 2.44. The van der Waals surface area contributed by atoms with Crippen molar-refractivity contribution in [2.75, 3.05) is 6.54 Å². The second kappa shape index (κ2) is 3.21. The zero-order valence-corrected chi connectivity index (χ0v) is 7.73. The van der Waals surface area contributed by atoms with Crippen LogP contribution in [-0.4, -0.2) is 17.4 Å². The van der Waals surface area contributed by atoms with Gasteiger partial charge >= 0.3 is 0 Å². The Morgan fingerprint density at radius 3 is 2.62 bits per heavy atom. The average molecular weight is 175 g/mol. The second-order valence-electron chi connectivity index (χ2n) is 3.61. The molecule has 0 radical (unpaired) electrons. The van der Waals surface area contributed by atoms with Crippen LogP contribution in [0.1, 0.15) is 12.5 Å². The van der Waals surface area contributed by atoms with E-state index in [9.17, 15) is 4.79 Å². The molecule has 0 aromatic heterocycles. The van der Waals surface area contributed by atoms with Crippen LogP contribution >= 0.6 is 0 Å². The first-order valence-corrected chi connectivity index (χ1v) is 4.60. The van der Waals surface area contributed by atoms with Crippen molar-refractivity contribution in [1.82, 2.24) is 4.90 Å². The van der Waals surface area contributed by atoms with E-state index in [0.29, 0.717) is 0 Å². The van der Waals surface area contributed by atoms with Crippen molar-refractivity contribution in [3.05, 3.63) is 35.9 Å². The number of benzene rings is 1. The van der Waals surface area contributed by atoms with Crippen LogP contribution in [0.25, 0.3) is 0 Å². The van der Waals surface area contributed by atoms with Crippen LogP contribution in [-0.2, 0) is 11.3 Å². The Morgan fingerprint density at radius 2 is 2.08 bits per heavy atom. The number of nitrogens with zero attached hydrogens (tertiary/aromatic N) is 1. The number of rotatable bonds is 2. The normalized spacial score (nSPS) is 21.5. The van der Waals surface area contributed by atoms with Crippen LogP contribution in [0, 0.1) is 5.92 Å². The van der Waals surface area contributed by atoms with Gasteiger partial charge in [0.1, 0.15) is 0 Å². The van der Waals surface area contributed by atoms with Crippen molar-refractivity contribution in [3.8, 4) is 0 Å². The molecular formula is C11H13NO. The summed E-state index contributed by atoms with van der Waals surface area (Å²) in [5.74, 6) is 0.521. The Hall–Kier alpha value is -1.31. The second-order valence-corrected chi connectivity index (χ2v) is 3.61. The van der Waals surface area contributed by atoms with E-state index in [1.165, 1.54) is 5.56 Å². The Labute approximate surface area is 78.2 Å². The average Bonchev–Trinajstić information content (AvgIpc) is 2.19. The fraction of sp³-hybridized carbons (Fsp3) is 0.364. The molecule has 2 rings (SSSR count). The van der Waals surface area contributed by atoms with Gasteiger partial charge in [-0.15, -0.1) is 0 Å². The first-order chi connectivity index (χ1) is 6.27. The molecule has 1 aromatic rings. The van der Waals surface area contributed by atoms with Gasteiger partial charge in [-0.25, -0.2) is 0 Å². The fourth-order valence-corrected chi connectivity index (χ4v) is 1.64. The van der Waals surface area contributed by atoms with Gasteiger partial charge in [0, 0.05) is 13.1 Å². The van der Waals surface area contributed by atoms with E-state index in [1.54, 1.807) is 0 Å². The molecule has 0 aliphatic carbocycles. The van der Waals surface area contributed by atoms with Gasteiger partial charge in [0.2, 0.25) is 5.91 Å². The summed E-state index contributed by atoms with van der Waals surface area (Å²) < 4.78 is 0. The highest BCUT2D eigenvalue weighted by molar-refractivity contribution is 5.84. The highest BCUT2D eigenvalue weighted by atomic mass is 16.2. The molecule has 1 atom stereocenters. The first kappa shape index (κ1) is 8.30. The van der Waals surface area contributed by atoms with Gasteiger partial charge < -0.3 is 4.90 Å². The van der Waals surface area contributed by atoms with E-state index in [4.69, 9.17) is 0 Å². The Balaban J connectivity index is 1.97. The molecule has 1 aliphatic heterocycles. The van der Waals surface area contributed by atoms with Gasteiger partial charge in [-0.2, -0.15) is 0 Å². The number of likely N-dealkylation sites (tertiary alicyclic amines) is 1. The molecule has 1 aromatic carbocycles. The van der Waals surface area contributed by atoms with Crippen molar-refractivity contribution in [3.63, 3.8) is 0 Å². The zero-order valence-electron chi connectivity index (χ0n) is 7.73. The molecule has 1 heterocycles. The maximum Gasteiger partial charge on any atom is 0.227 e. The molecule has 1 unspecified atom stereocenters. The smallest absolute Gasteiger partial charge is 0.227 e. The van der Waals surface area contributed by atoms with Crippen LogP contribution in [0.5, 0.6) is 0 Å². The number of carbonyl (C=O) groups excluding carboxylic acids is 1. The highest BCUT2D eigenvalue weighted by Crippen LogP contribution is 2.19. The molecule has 68 valence electrons. The fourth-order valence-electron chi connectivity index (χ4n) is 1.64. The zero-order chi connectivity index (χ0) is 9.26. The van der Waals surface area contributed by atoms with Crippen LogP contribution in [0.2, 0.25) is 0 Å². The lowest BCUT2D eigenvalue weighted by Gasteiger charge is -2.36. The summed E-state index contributed by atoms with van der Waals surface area (Å²) in [6, 6.07) is 10.1. The Morgan fingerprint density at radius 1 is 1.38 bits per heavy atom. The van der Waals surface area contributed by atoms with Crippen molar-refractivity contribution in [1.29, 1.82) is 0 Å². The molecule has 1 aliphatic rings. The molecule has 1 fully saturated rings. The minimum Gasteiger partial charge on any atom is -0.337 e. The van der Waals surface area contributed by atoms with Gasteiger partial charge in [0.25, 0.3) is 0 Å². The summed E-state index contributed by atoms with van der Waals surface area (Å²) in [6.07, 6.45) is 0. The molecule has 1 saturated heterocycles. The topological polar surface area (TPSA) is 20.3 Å². The van der Waals surface area contributed by atoms with E-state index < -0.39 is 0 Å². The lowest BCUT2D eigenvalue weighted by Crippen LogP contribution is -2.50. The predicted octanol–water partition coefficient (Wildman–Crippen LogP) is 1.66. The summed E-state index contributed by atoms with van der Waals surface area (Å²) in [6.45, 7) is 3.65. The summed E-state index contributed by atoms with van der Waals surface area (Å²) in [4.78, 5) is 13.2. The molecule has 1 amide bonds. The Bertz CT molecular complexity index is 307. The van der Waals surface area contributed by atoms with Gasteiger partial charge in [-0.1, -0.05) is 37.3 Å². The third-order valence-corrected chi connectivity index (χ3v) is 2.44. The molecule has 2 heteroatoms. The van der Waals surface area contributed by atoms with E-state index in [2.05, 4.69) is 12.1 Å².